The fourth-order valence-electron chi connectivity index (χ4n) is 2.10. The second kappa shape index (κ2) is 4.48. The van der Waals surface area contributed by atoms with Crippen LogP contribution in [0.2, 0.25) is 0 Å². The number of rotatable bonds is 5. The van der Waals surface area contributed by atoms with Gasteiger partial charge in [0, 0.05) is 44.6 Å². The Morgan fingerprint density at radius 1 is 1.44 bits per heavy atom. The Kier molecular flexibility index (Phi) is 2.81. The Labute approximate surface area is 107 Å². The lowest BCUT2D eigenvalue weighted by molar-refractivity contribution is 0.653. The fourth-order valence-corrected chi connectivity index (χ4v) is 2.10. The molecule has 2 aromatic heterocycles. The maximum absolute atomic E-state index is 4.54. The molecule has 2 aromatic rings. The molecule has 0 radical (unpaired) electrons. The van der Waals surface area contributed by atoms with Crippen molar-refractivity contribution in [2.24, 2.45) is 7.05 Å². The average molecular weight is 245 g/mol. The summed E-state index contributed by atoms with van der Waals surface area (Å²) in [6, 6.07) is 0.638. The molecule has 0 bridgehead atoms. The third-order valence-corrected chi connectivity index (χ3v) is 3.30. The normalized spacial score (nSPS) is 15.0. The smallest absolute Gasteiger partial charge is 0.203 e. The van der Waals surface area contributed by atoms with Crippen molar-refractivity contribution < 1.29 is 0 Å². The van der Waals surface area contributed by atoms with Crippen LogP contribution in [0.4, 0.5) is 5.95 Å². The van der Waals surface area contributed by atoms with Crippen molar-refractivity contribution in [1.82, 2.24) is 19.1 Å². The van der Waals surface area contributed by atoms with Gasteiger partial charge in [-0.25, -0.2) is 9.97 Å². The van der Waals surface area contributed by atoms with E-state index >= 15 is 0 Å². The van der Waals surface area contributed by atoms with Gasteiger partial charge >= 0.3 is 0 Å². The first kappa shape index (κ1) is 11.3. The van der Waals surface area contributed by atoms with E-state index < -0.39 is 0 Å². The molecule has 1 aliphatic carbocycles. The lowest BCUT2D eigenvalue weighted by atomic mass is 10.4. The number of aromatic nitrogens is 4. The van der Waals surface area contributed by atoms with E-state index in [4.69, 9.17) is 0 Å². The number of nitrogens with one attached hydrogen (secondary N) is 1. The molecule has 0 aromatic carbocycles. The Bertz CT molecular complexity index is 535. The van der Waals surface area contributed by atoms with E-state index in [1.54, 1.807) is 0 Å². The van der Waals surface area contributed by atoms with Crippen molar-refractivity contribution in [1.29, 1.82) is 0 Å². The van der Waals surface area contributed by atoms with E-state index in [-0.39, 0.29) is 0 Å². The van der Waals surface area contributed by atoms with Crippen molar-refractivity contribution in [2.75, 3.05) is 5.32 Å². The number of imidazole rings is 2. The van der Waals surface area contributed by atoms with Gasteiger partial charge in [-0.3, -0.25) is 0 Å². The highest BCUT2D eigenvalue weighted by Gasteiger charge is 2.22. The molecule has 1 saturated carbocycles. The van der Waals surface area contributed by atoms with Crippen LogP contribution in [0, 0.1) is 6.92 Å². The van der Waals surface area contributed by atoms with Crippen LogP contribution in [0.25, 0.3) is 0 Å². The summed E-state index contributed by atoms with van der Waals surface area (Å²) in [6.07, 6.45) is 9.40. The number of hydrogen-bond acceptors (Lipinski definition) is 3. The molecule has 18 heavy (non-hydrogen) atoms. The molecule has 1 fully saturated rings. The number of anilines is 1. The predicted molar refractivity (Wildman–Crippen MR) is 70.5 cm³/mol. The van der Waals surface area contributed by atoms with Crippen LogP contribution in [0.3, 0.4) is 0 Å². The van der Waals surface area contributed by atoms with Crippen LogP contribution in [0.15, 0.2) is 18.6 Å². The number of aryl methyl sites for hydroxylation is 4. The average Bonchev–Trinajstić information content (AvgIpc) is 2.95. The van der Waals surface area contributed by atoms with Crippen molar-refractivity contribution in [3.63, 3.8) is 0 Å². The third kappa shape index (κ3) is 2.39. The van der Waals surface area contributed by atoms with Gasteiger partial charge < -0.3 is 14.5 Å². The van der Waals surface area contributed by atoms with Crippen LogP contribution in [0.1, 0.15) is 24.4 Å². The van der Waals surface area contributed by atoms with E-state index in [1.165, 1.54) is 12.8 Å². The highest BCUT2D eigenvalue weighted by Crippen LogP contribution is 2.24. The van der Waals surface area contributed by atoms with Crippen LogP contribution >= 0.6 is 0 Å². The summed E-state index contributed by atoms with van der Waals surface area (Å²) in [6.45, 7) is 2.95. The van der Waals surface area contributed by atoms with E-state index in [0.717, 1.165) is 30.4 Å². The summed E-state index contributed by atoms with van der Waals surface area (Å²) >= 11 is 0. The van der Waals surface area contributed by atoms with E-state index in [0.29, 0.717) is 6.04 Å². The molecular weight excluding hydrogens is 226 g/mol. The first-order valence-electron chi connectivity index (χ1n) is 6.49. The standard InChI is InChI=1S/C13H19N5/c1-10-9-18(13(15-10)16-11-3-4-11)7-5-12-14-6-8-17(12)2/h6,8-9,11H,3-5,7H2,1-2H3,(H,15,16). The van der Waals surface area contributed by atoms with Gasteiger partial charge in [0.15, 0.2) is 0 Å². The first-order valence-corrected chi connectivity index (χ1v) is 6.49. The predicted octanol–water partition coefficient (Wildman–Crippen LogP) is 1.74. The minimum Gasteiger partial charge on any atom is -0.353 e. The number of nitrogens with zero attached hydrogens (tertiary/aromatic N) is 4. The summed E-state index contributed by atoms with van der Waals surface area (Å²) in [4.78, 5) is 8.89. The van der Waals surface area contributed by atoms with E-state index in [1.807, 2.05) is 26.4 Å². The van der Waals surface area contributed by atoms with Crippen LogP contribution in [0.5, 0.6) is 0 Å². The Hall–Kier alpha value is -1.78. The molecule has 96 valence electrons. The molecule has 0 atom stereocenters. The monoisotopic (exact) mass is 245 g/mol. The Balaban J connectivity index is 1.69. The van der Waals surface area contributed by atoms with Gasteiger partial charge in [-0.15, -0.1) is 0 Å². The summed E-state index contributed by atoms with van der Waals surface area (Å²) in [5.74, 6) is 2.11. The summed E-state index contributed by atoms with van der Waals surface area (Å²) in [5.41, 5.74) is 1.07. The molecule has 3 rings (SSSR count). The Morgan fingerprint density at radius 2 is 2.28 bits per heavy atom. The zero-order chi connectivity index (χ0) is 12.5. The molecule has 0 amide bonds. The fraction of sp³-hybridized carbons (Fsp3) is 0.538. The molecule has 5 nitrogen and oxygen atoms in total. The molecular formula is C13H19N5. The molecule has 1 aliphatic rings. The largest absolute Gasteiger partial charge is 0.353 e. The quantitative estimate of drug-likeness (QED) is 0.873. The van der Waals surface area contributed by atoms with Gasteiger partial charge in [0.1, 0.15) is 5.82 Å². The first-order chi connectivity index (χ1) is 8.72. The molecule has 0 aliphatic heterocycles. The molecule has 0 spiro atoms. The highest BCUT2D eigenvalue weighted by atomic mass is 15.2. The summed E-state index contributed by atoms with van der Waals surface area (Å²) in [5, 5.41) is 3.47. The second-order valence-corrected chi connectivity index (χ2v) is 5.02. The number of hydrogen-bond donors (Lipinski definition) is 1. The second-order valence-electron chi connectivity index (χ2n) is 5.02. The lowest BCUT2D eigenvalue weighted by Gasteiger charge is -2.08. The third-order valence-electron chi connectivity index (χ3n) is 3.30. The van der Waals surface area contributed by atoms with Crippen molar-refractivity contribution in [3.05, 3.63) is 30.1 Å². The molecule has 2 heterocycles. The highest BCUT2D eigenvalue weighted by molar-refractivity contribution is 5.32. The van der Waals surface area contributed by atoms with Crippen LogP contribution < -0.4 is 5.32 Å². The maximum atomic E-state index is 4.54. The van der Waals surface area contributed by atoms with Crippen LogP contribution in [-0.2, 0) is 20.0 Å². The molecule has 0 saturated heterocycles. The van der Waals surface area contributed by atoms with Crippen LogP contribution in [-0.4, -0.2) is 25.1 Å². The summed E-state index contributed by atoms with van der Waals surface area (Å²) in [7, 11) is 2.03. The van der Waals surface area contributed by atoms with E-state index in [9.17, 15) is 0 Å². The molecule has 1 N–H and O–H groups in total. The van der Waals surface area contributed by atoms with Gasteiger partial charge in [0.05, 0.1) is 5.69 Å². The zero-order valence-electron chi connectivity index (χ0n) is 10.9. The molecule has 0 unspecified atom stereocenters. The van der Waals surface area contributed by atoms with Crippen molar-refractivity contribution >= 4 is 5.95 Å². The van der Waals surface area contributed by atoms with Gasteiger partial charge in [-0.05, 0) is 19.8 Å². The Morgan fingerprint density at radius 3 is 2.94 bits per heavy atom. The minimum absolute atomic E-state index is 0.638. The summed E-state index contributed by atoms with van der Waals surface area (Å²) < 4.78 is 4.26. The van der Waals surface area contributed by atoms with Gasteiger partial charge in [0.2, 0.25) is 5.95 Å². The van der Waals surface area contributed by atoms with Crippen molar-refractivity contribution in [2.45, 2.75) is 38.8 Å². The lowest BCUT2D eigenvalue weighted by Crippen LogP contribution is -2.11. The maximum Gasteiger partial charge on any atom is 0.203 e. The topological polar surface area (TPSA) is 47.7 Å². The van der Waals surface area contributed by atoms with E-state index in [2.05, 4.69) is 30.6 Å². The van der Waals surface area contributed by atoms with Gasteiger partial charge in [-0.2, -0.15) is 0 Å². The minimum atomic E-state index is 0.638. The SMILES string of the molecule is Cc1cn(CCc2nccn2C)c(NC2CC2)n1. The van der Waals surface area contributed by atoms with Gasteiger partial charge in [0.25, 0.3) is 0 Å². The molecule has 5 heteroatoms. The zero-order valence-corrected chi connectivity index (χ0v) is 10.9. The van der Waals surface area contributed by atoms with Gasteiger partial charge in [-0.1, -0.05) is 0 Å². The van der Waals surface area contributed by atoms with Crippen molar-refractivity contribution in [3.8, 4) is 0 Å².